The fourth-order valence-electron chi connectivity index (χ4n) is 1.33. The fraction of sp³-hybridized carbons (Fsp3) is 0.909. The van der Waals surface area contributed by atoms with Crippen LogP contribution in [0.3, 0.4) is 0 Å². The zero-order chi connectivity index (χ0) is 9.19. The van der Waals surface area contributed by atoms with Gasteiger partial charge in [0.2, 0.25) is 0 Å². The van der Waals surface area contributed by atoms with Crippen LogP contribution in [0.25, 0.3) is 0 Å². The summed E-state index contributed by atoms with van der Waals surface area (Å²) in [7, 11) is 0. The maximum atomic E-state index is 11.5. The topological polar surface area (TPSA) is 17.1 Å². The summed E-state index contributed by atoms with van der Waals surface area (Å²) >= 11 is 0. The Morgan fingerprint density at radius 3 is 2.33 bits per heavy atom. The van der Waals surface area contributed by atoms with Crippen molar-refractivity contribution in [3.05, 3.63) is 0 Å². The van der Waals surface area contributed by atoms with E-state index in [-0.39, 0.29) is 5.41 Å². The molecule has 1 saturated carbocycles. The van der Waals surface area contributed by atoms with Crippen molar-refractivity contribution >= 4 is 5.78 Å². The second kappa shape index (κ2) is 3.59. The molecule has 0 bridgehead atoms. The van der Waals surface area contributed by atoms with Gasteiger partial charge in [-0.1, -0.05) is 40.0 Å². The first kappa shape index (κ1) is 9.76. The summed E-state index contributed by atoms with van der Waals surface area (Å²) in [6, 6.07) is 0. The molecule has 0 heterocycles. The highest BCUT2D eigenvalue weighted by molar-refractivity contribution is 5.83. The minimum atomic E-state index is -0.121. The molecule has 0 unspecified atom stereocenters. The summed E-state index contributed by atoms with van der Waals surface area (Å²) in [4.78, 5) is 11.5. The molecule has 0 aromatic carbocycles. The van der Waals surface area contributed by atoms with Gasteiger partial charge in [-0.05, 0) is 12.3 Å². The third-order valence-corrected chi connectivity index (χ3v) is 2.55. The molecule has 0 aromatic heterocycles. The lowest BCUT2D eigenvalue weighted by atomic mass is 9.88. The zero-order valence-corrected chi connectivity index (χ0v) is 8.52. The molecule has 1 aliphatic carbocycles. The van der Waals surface area contributed by atoms with Crippen LogP contribution in [-0.4, -0.2) is 5.78 Å². The maximum absolute atomic E-state index is 11.5. The van der Waals surface area contributed by atoms with Crippen molar-refractivity contribution in [2.75, 3.05) is 0 Å². The van der Waals surface area contributed by atoms with E-state index in [1.54, 1.807) is 0 Å². The molecule has 1 heteroatoms. The highest BCUT2D eigenvalue weighted by Crippen LogP contribution is 2.34. The highest BCUT2D eigenvalue weighted by Gasteiger charge is 2.23. The number of carbonyl (C=O) groups is 1. The summed E-state index contributed by atoms with van der Waals surface area (Å²) in [5.41, 5.74) is -0.121. The Hall–Kier alpha value is -0.330. The molecular formula is C11H20O. The van der Waals surface area contributed by atoms with Crippen LogP contribution in [0, 0.1) is 11.3 Å². The lowest BCUT2D eigenvalue weighted by Crippen LogP contribution is -2.19. The van der Waals surface area contributed by atoms with Crippen molar-refractivity contribution in [1.82, 2.24) is 0 Å². The Morgan fingerprint density at radius 1 is 1.33 bits per heavy atom. The van der Waals surface area contributed by atoms with E-state index in [1.807, 2.05) is 20.8 Å². The third kappa shape index (κ3) is 3.38. The second-order valence-corrected chi connectivity index (χ2v) is 5.01. The average Bonchev–Trinajstić information content (AvgIpc) is 2.69. The molecule has 70 valence electrons. The van der Waals surface area contributed by atoms with E-state index in [4.69, 9.17) is 0 Å². The van der Waals surface area contributed by atoms with Gasteiger partial charge in [0, 0.05) is 11.8 Å². The molecule has 0 atom stereocenters. The van der Waals surface area contributed by atoms with E-state index < -0.39 is 0 Å². The van der Waals surface area contributed by atoms with E-state index in [2.05, 4.69) is 0 Å². The molecule has 0 amide bonds. The number of hydrogen-bond donors (Lipinski definition) is 0. The first-order chi connectivity index (χ1) is 5.50. The molecule has 1 rings (SSSR count). The SMILES string of the molecule is CC(C)(C)C(=O)CCCC1CC1. The lowest BCUT2D eigenvalue weighted by Gasteiger charge is -2.15. The molecule has 1 aliphatic rings. The molecule has 0 radical (unpaired) electrons. The Kier molecular flexibility index (Phi) is 2.92. The Bertz CT molecular complexity index is 160. The monoisotopic (exact) mass is 168 g/mol. The summed E-state index contributed by atoms with van der Waals surface area (Å²) in [6.45, 7) is 6.02. The quantitative estimate of drug-likeness (QED) is 0.630. The van der Waals surface area contributed by atoms with Gasteiger partial charge in [-0.2, -0.15) is 0 Å². The molecule has 1 nitrogen and oxygen atoms in total. The standard InChI is InChI=1S/C11H20O/c1-11(2,3)10(12)6-4-5-9-7-8-9/h9H,4-8H2,1-3H3. The summed E-state index contributed by atoms with van der Waals surface area (Å²) in [5, 5.41) is 0. The number of hydrogen-bond acceptors (Lipinski definition) is 1. The Labute approximate surface area is 75.5 Å². The van der Waals surface area contributed by atoms with Crippen LogP contribution >= 0.6 is 0 Å². The highest BCUT2D eigenvalue weighted by atomic mass is 16.1. The van der Waals surface area contributed by atoms with Crippen LogP contribution in [0.4, 0.5) is 0 Å². The minimum Gasteiger partial charge on any atom is -0.299 e. The van der Waals surface area contributed by atoms with E-state index in [9.17, 15) is 4.79 Å². The molecule has 0 spiro atoms. The minimum absolute atomic E-state index is 0.121. The van der Waals surface area contributed by atoms with E-state index in [0.29, 0.717) is 5.78 Å². The van der Waals surface area contributed by atoms with Gasteiger partial charge in [-0.25, -0.2) is 0 Å². The van der Waals surface area contributed by atoms with Crippen LogP contribution in [-0.2, 0) is 4.79 Å². The average molecular weight is 168 g/mol. The maximum Gasteiger partial charge on any atom is 0.138 e. The fourth-order valence-corrected chi connectivity index (χ4v) is 1.33. The smallest absolute Gasteiger partial charge is 0.138 e. The van der Waals surface area contributed by atoms with Gasteiger partial charge in [0.25, 0.3) is 0 Å². The van der Waals surface area contributed by atoms with Crippen molar-refractivity contribution in [2.24, 2.45) is 11.3 Å². The molecular weight excluding hydrogens is 148 g/mol. The van der Waals surface area contributed by atoms with Crippen LogP contribution in [0.2, 0.25) is 0 Å². The van der Waals surface area contributed by atoms with Gasteiger partial charge < -0.3 is 0 Å². The first-order valence-electron chi connectivity index (χ1n) is 5.03. The van der Waals surface area contributed by atoms with Crippen molar-refractivity contribution in [2.45, 2.75) is 52.9 Å². The molecule has 1 fully saturated rings. The van der Waals surface area contributed by atoms with Gasteiger partial charge in [0.15, 0.2) is 0 Å². The zero-order valence-electron chi connectivity index (χ0n) is 8.52. The summed E-state index contributed by atoms with van der Waals surface area (Å²) in [6.07, 6.45) is 6.00. The lowest BCUT2D eigenvalue weighted by molar-refractivity contribution is -0.126. The Morgan fingerprint density at radius 2 is 1.92 bits per heavy atom. The normalized spacial score (nSPS) is 17.9. The predicted octanol–water partition coefficient (Wildman–Crippen LogP) is 3.18. The van der Waals surface area contributed by atoms with Gasteiger partial charge in [0.05, 0.1) is 0 Å². The summed E-state index contributed by atoms with van der Waals surface area (Å²) in [5.74, 6) is 1.39. The van der Waals surface area contributed by atoms with Gasteiger partial charge in [0.1, 0.15) is 5.78 Å². The summed E-state index contributed by atoms with van der Waals surface area (Å²) < 4.78 is 0. The molecule has 0 N–H and O–H groups in total. The molecule has 0 aromatic rings. The second-order valence-electron chi connectivity index (χ2n) is 5.01. The van der Waals surface area contributed by atoms with Crippen LogP contribution in [0.5, 0.6) is 0 Å². The number of carbonyl (C=O) groups excluding carboxylic acids is 1. The first-order valence-corrected chi connectivity index (χ1v) is 5.03. The number of ketones is 1. The van der Waals surface area contributed by atoms with Gasteiger partial charge in [-0.3, -0.25) is 4.79 Å². The predicted molar refractivity (Wildman–Crippen MR) is 51.0 cm³/mol. The van der Waals surface area contributed by atoms with E-state index in [0.717, 1.165) is 18.8 Å². The molecule has 0 aliphatic heterocycles. The van der Waals surface area contributed by atoms with Crippen molar-refractivity contribution < 1.29 is 4.79 Å². The largest absolute Gasteiger partial charge is 0.299 e. The van der Waals surface area contributed by atoms with Crippen molar-refractivity contribution in [3.63, 3.8) is 0 Å². The number of rotatable bonds is 4. The van der Waals surface area contributed by atoms with E-state index >= 15 is 0 Å². The van der Waals surface area contributed by atoms with E-state index in [1.165, 1.54) is 19.3 Å². The van der Waals surface area contributed by atoms with Crippen molar-refractivity contribution in [3.8, 4) is 0 Å². The van der Waals surface area contributed by atoms with Gasteiger partial charge in [-0.15, -0.1) is 0 Å². The third-order valence-electron chi connectivity index (χ3n) is 2.55. The van der Waals surface area contributed by atoms with Crippen molar-refractivity contribution in [1.29, 1.82) is 0 Å². The number of Topliss-reactive ketones (excluding diaryl/α,β-unsaturated/α-hetero) is 1. The Balaban J connectivity index is 2.08. The molecule has 0 saturated heterocycles. The van der Waals surface area contributed by atoms with Crippen LogP contribution < -0.4 is 0 Å². The van der Waals surface area contributed by atoms with Gasteiger partial charge >= 0.3 is 0 Å². The van der Waals surface area contributed by atoms with Crippen LogP contribution in [0.1, 0.15) is 52.9 Å². The molecule has 12 heavy (non-hydrogen) atoms. The van der Waals surface area contributed by atoms with Crippen LogP contribution in [0.15, 0.2) is 0 Å².